The number of carbonyl (C=O) groups excluding carboxylic acids is 1. The van der Waals surface area contributed by atoms with Crippen molar-refractivity contribution in [3.63, 3.8) is 0 Å². The van der Waals surface area contributed by atoms with Crippen LogP contribution in [0.3, 0.4) is 0 Å². The number of carbonyl (C=O) groups is 1. The summed E-state index contributed by atoms with van der Waals surface area (Å²) in [5.41, 5.74) is 3.55. The first kappa shape index (κ1) is 12.7. The van der Waals surface area contributed by atoms with Gasteiger partial charge in [-0.15, -0.1) is 0 Å². The molecule has 4 nitrogen and oxygen atoms in total. The molecule has 0 fully saturated rings. The molecule has 1 aliphatic rings. The normalized spacial score (nSPS) is 13.9. The summed E-state index contributed by atoms with van der Waals surface area (Å²) in [4.78, 5) is 28.2. The van der Waals surface area contributed by atoms with Crippen molar-refractivity contribution in [1.82, 2.24) is 4.98 Å². The molecule has 0 unspecified atom stereocenters. The molecule has 3 rings (SSSR count). The molecule has 1 N–H and O–H groups in total. The monoisotopic (exact) mass is 268 g/mol. The SMILES string of the molecule is Cc1ccc2c(c1)CCCN2C(=O)c1cc[nH]c(=O)c1. The summed E-state index contributed by atoms with van der Waals surface area (Å²) >= 11 is 0. The first-order valence-electron chi connectivity index (χ1n) is 6.75. The Labute approximate surface area is 117 Å². The van der Waals surface area contributed by atoms with Crippen LogP contribution in [0, 0.1) is 6.92 Å². The van der Waals surface area contributed by atoms with E-state index in [1.165, 1.54) is 23.4 Å². The van der Waals surface area contributed by atoms with E-state index in [9.17, 15) is 9.59 Å². The number of pyridine rings is 1. The minimum atomic E-state index is -0.253. The van der Waals surface area contributed by atoms with E-state index in [0.717, 1.165) is 18.5 Å². The van der Waals surface area contributed by atoms with Gasteiger partial charge in [0, 0.05) is 30.1 Å². The average molecular weight is 268 g/mol. The van der Waals surface area contributed by atoms with Gasteiger partial charge in [-0.2, -0.15) is 0 Å². The van der Waals surface area contributed by atoms with Gasteiger partial charge in [0.15, 0.2) is 0 Å². The summed E-state index contributed by atoms with van der Waals surface area (Å²) in [6.07, 6.45) is 3.46. The van der Waals surface area contributed by atoms with Gasteiger partial charge >= 0.3 is 0 Å². The minimum Gasteiger partial charge on any atom is -0.329 e. The van der Waals surface area contributed by atoms with Crippen molar-refractivity contribution in [2.75, 3.05) is 11.4 Å². The largest absolute Gasteiger partial charge is 0.329 e. The van der Waals surface area contributed by atoms with Crippen molar-refractivity contribution in [3.8, 4) is 0 Å². The van der Waals surface area contributed by atoms with Crippen molar-refractivity contribution in [2.45, 2.75) is 19.8 Å². The highest BCUT2D eigenvalue weighted by molar-refractivity contribution is 6.06. The topological polar surface area (TPSA) is 53.2 Å². The highest BCUT2D eigenvalue weighted by Gasteiger charge is 2.23. The number of aromatic amines is 1. The lowest BCUT2D eigenvalue weighted by atomic mass is 9.99. The van der Waals surface area contributed by atoms with Crippen molar-refractivity contribution in [2.24, 2.45) is 0 Å². The number of aromatic nitrogens is 1. The van der Waals surface area contributed by atoms with Gasteiger partial charge in [-0.05, 0) is 37.5 Å². The van der Waals surface area contributed by atoms with Gasteiger partial charge < -0.3 is 9.88 Å². The molecule has 20 heavy (non-hydrogen) atoms. The van der Waals surface area contributed by atoms with Crippen LogP contribution in [-0.2, 0) is 6.42 Å². The lowest BCUT2D eigenvalue weighted by Gasteiger charge is -2.29. The fourth-order valence-electron chi connectivity index (χ4n) is 2.67. The second-order valence-corrected chi connectivity index (χ2v) is 5.13. The molecule has 0 spiro atoms. The summed E-state index contributed by atoms with van der Waals surface area (Å²) < 4.78 is 0. The lowest BCUT2D eigenvalue weighted by molar-refractivity contribution is 0.0985. The van der Waals surface area contributed by atoms with E-state index in [-0.39, 0.29) is 11.5 Å². The third-order valence-corrected chi connectivity index (χ3v) is 3.62. The second-order valence-electron chi connectivity index (χ2n) is 5.13. The van der Waals surface area contributed by atoms with E-state index in [1.807, 2.05) is 12.1 Å². The maximum atomic E-state index is 12.6. The quantitative estimate of drug-likeness (QED) is 0.862. The minimum absolute atomic E-state index is 0.110. The maximum absolute atomic E-state index is 12.6. The van der Waals surface area contributed by atoms with Crippen molar-refractivity contribution < 1.29 is 4.79 Å². The summed E-state index contributed by atoms with van der Waals surface area (Å²) in [5.74, 6) is -0.110. The molecule has 0 bridgehead atoms. The second kappa shape index (κ2) is 4.96. The smallest absolute Gasteiger partial charge is 0.258 e. The maximum Gasteiger partial charge on any atom is 0.258 e. The van der Waals surface area contributed by atoms with Crippen LogP contribution in [0.1, 0.15) is 27.9 Å². The van der Waals surface area contributed by atoms with Gasteiger partial charge in [-0.25, -0.2) is 0 Å². The van der Waals surface area contributed by atoms with E-state index >= 15 is 0 Å². The van der Waals surface area contributed by atoms with Crippen LogP contribution in [0.15, 0.2) is 41.3 Å². The van der Waals surface area contributed by atoms with Crippen LogP contribution < -0.4 is 10.5 Å². The first-order chi connectivity index (χ1) is 9.65. The summed E-state index contributed by atoms with van der Waals surface area (Å²) in [6.45, 7) is 2.75. The van der Waals surface area contributed by atoms with Crippen LogP contribution in [0.2, 0.25) is 0 Å². The molecule has 2 aromatic rings. The third kappa shape index (κ3) is 2.25. The van der Waals surface area contributed by atoms with Gasteiger partial charge in [0.2, 0.25) is 5.56 Å². The molecule has 4 heteroatoms. The number of nitrogens with zero attached hydrogens (tertiary/aromatic N) is 1. The lowest BCUT2D eigenvalue weighted by Crippen LogP contribution is -2.36. The number of fused-ring (bicyclic) bond motifs is 1. The predicted octanol–water partition coefficient (Wildman–Crippen LogP) is 2.28. The number of hydrogen-bond donors (Lipinski definition) is 1. The molecule has 1 aromatic carbocycles. The zero-order valence-corrected chi connectivity index (χ0v) is 11.3. The highest BCUT2D eigenvalue weighted by Crippen LogP contribution is 2.29. The van der Waals surface area contributed by atoms with E-state index in [0.29, 0.717) is 12.1 Å². The van der Waals surface area contributed by atoms with Crippen LogP contribution >= 0.6 is 0 Å². The Balaban J connectivity index is 2.00. The van der Waals surface area contributed by atoms with Crippen LogP contribution in [0.25, 0.3) is 0 Å². The van der Waals surface area contributed by atoms with Crippen molar-refractivity contribution >= 4 is 11.6 Å². The Hall–Kier alpha value is -2.36. The first-order valence-corrected chi connectivity index (χ1v) is 6.75. The standard InChI is InChI=1S/C16H16N2O2/c1-11-4-5-14-12(9-11)3-2-8-18(14)16(20)13-6-7-17-15(19)10-13/h4-7,9-10H,2-3,8H2,1H3,(H,17,19). The number of aryl methyl sites for hydroxylation is 2. The van der Waals surface area contributed by atoms with E-state index < -0.39 is 0 Å². The van der Waals surface area contributed by atoms with E-state index in [2.05, 4.69) is 18.0 Å². The molecule has 0 aliphatic carbocycles. The van der Waals surface area contributed by atoms with Gasteiger partial charge in [-0.1, -0.05) is 17.7 Å². The molecule has 0 atom stereocenters. The molecule has 102 valence electrons. The molecule has 1 aromatic heterocycles. The Morgan fingerprint density at radius 1 is 1.25 bits per heavy atom. The van der Waals surface area contributed by atoms with Crippen LogP contribution in [-0.4, -0.2) is 17.4 Å². The average Bonchev–Trinajstić information content (AvgIpc) is 2.45. The van der Waals surface area contributed by atoms with Crippen molar-refractivity contribution in [3.05, 3.63) is 63.6 Å². The number of amides is 1. The fourth-order valence-corrected chi connectivity index (χ4v) is 2.67. The number of nitrogens with one attached hydrogen (secondary N) is 1. The number of benzene rings is 1. The zero-order chi connectivity index (χ0) is 14.1. The molecule has 0 radical (unpaired) electrons. The number of H-pyrrole nitrogens is 1. The highest BCUT2D eigenvalue weighted by atomic mass is 16.2. The van der Waals surface area contributed by atoms with E-state index in [4.69, 9.17) is 0 Å². The van der Waals surface area contributed by atoms with Gasteiger partial charge in [-0.3, -0.25) is 9.59 Å². The molecular formula is C16H16N2O2. The molecule has 2 heterocycles. The van der Waals surface area contributed by atoms with Gasteiger partial charge in [0.25, 0.3) is 5.91 Å². The zero-order valence-electron chi connectivity index (χ0n) is 11.3. The van der Waals surface area contributed by atoms with Crippen LogP contribution in [0.4, 0.5) is 5.69 Å². The number of rotatable bonds is 1. The summed E-state index contributed by atoms with van der Waals surface area (Å²) in [7, 11) is 0. The Bertz CT molecular complexity index is 718. The Kier molecular flexibility index (Phi) is 3.14. The summed E-state index contributed by atoms with van der Waals surface area (Å²) in [5, 5.41) is 0. The Morgan fingerprint density at radius 3 is 2.90 bits per heavy atom. The predicted molar refractivity (Wildman–Crippen MR) is 78.2 cm³/mol. The van der Waals surface area contributed by atoms with Crippen molar-refractivity contribution in [1.29, 1.82) is 0 Å². The molecule has 0 saturated carbocycles. The van der Waals surface area contributed by atoms with Gasteiger partial charge in [0.05, 0.1) is 0 Å². The third-order valence-electron chi connectivity index (χ3n) is 3.62. The van der Waals surface area contributed by atoms with Crippen LogP contribution in [0.5, 0.6) is 0 Å². The molecule has 1 amide bonds. The number of hydrogen-bond acceptors (Lipinski definition) is 2. The Morgan fingerprint density at radius 2 is 2.10 bits per heavy atom. The number of anilines is 1. The van der Waals surface area contributed by atoms with Gasteiger partial charge in [0.1, 0.15) is 0 Å². The van der Waals surface area contributed by atoms with E-state index in [1.54, 1.807) is 11.0 Å². The summed E-state index contributed by atoms with van der Waals surface area (Å²) in [6, 6.07) is 9.14. The molecule has 1 aliphatic heterocycles. The molecular weight excluding hydrogens is 252 g/mol. The molecule has 0 saturated heterocycles. The fraction of sp³-hybridized carbons (Fsp3) is 0.250.